The van der Waals surface area contributed by atoms with Crippen molar-refractivity contribution in [3.63, 3.8) is 0 Å². The number of carbonyl (C=O) groups is 1. The summed E-state index contributed by atoms with van der Waals surface area (Å²) in [5.74, 6) is 0.545. The van der Waals surface area contributed by atoms with Crippen LogP contribution in [0.5, 0.6) is 0 Å². The Balaban J connectivity index is 1.87. The number of aliphatic carboxylic acids is 1. The van der Waals surface area contributed by atoms with E-state index in [0.717, 1.165) is 0 Å². The van der Waals surface area contributed by atoms with E-state index in [4.69, 9.17) is 5.11 Å². The van der Waals surface area contributed by atoms with E-state index in [-0.39, 0.29) is 5.92 Å². The van der Waals surface area contributed by atoms with Gasteiger partial charge < -0.3 is 5.11 Å². The monoisotopic (exact) mass is 196 g/mol. The average molecular weight is 196 g/mol. The van der Waals surface area contributed by atoms with E-state index in [1.165, 1.54) is 51.4 Å². The van der Waals surface area contributed by atoms with Crippen molar-refractivity contribution >= 4 is 5.97 Å². The third-order valence-corrected chi connectivity index (χ3v) is 3.94. The van der Waals surface area contributed by atoms with E-state index in [1.54, 1.807) is 0 Å². The van der Waals surface area contributed by atoms with Crippen LogP contribution in [0.1, 0.15) is 51.4 Å². The molecule has 0 aromatic carbocycles. The van der Waals surface area contributed by atoms with Gasteiger partial charge in [0.15, 0.2) is 0 Å². The van der Waals surface area contributed by atoms with Crippen molar-refractivity contribution < 1.29 is 9.90 Å². The Kier molecular flexibility index (Phi) is 3.09. The van der Waals surface area contributed by atoms with Crippen LogP contribution in [-0.4, -0.2) is 11.1 Å². The molecule has 0 aromatic rings. The topological polar surface area (TPSA) is 37.3 Å². The zero-order chi connectivity index (χ0) is 9.97. The van der Waals surface area contributed by atoms with Crippen LogP contribution < -0.4 is 0 Å². The van der Waals surface area contributed by atoms with Gasteiger partial charge in [-0.05, 0) is 24.7 Å². The number of hydrogen-bond acceptors (Lipinski definition) is 1. The lowest BCUT2D eigenvalue weighted by molar-refractivity contribution is -0.139. The molecule has 0 bridgehead atoms. The third kappa shape index (κ3) is 2.10. The van der Waals surface area contributed by atoms with E-state index < -0.39 is 5.97 Å². The zero-order valence-electron chi connectivity index (χ0n) is 8.74. The molecule has 2 saturated carbocycles. The summed E-state index contributed by atoms with van der Waals surface area (Å²) in [6.45, 7) is 0. The highest BCUT2D eigenvalue weighted by atomic mass is 16.4. The predicted octanol–water partition coefficient (Wildman–Crippen LogP) is 3.07. The standard InChI is InChI=1S/C12H20O2/c13-12(14)11-9-7-5-3-1-2-4-6-8-10(9)11/h9-11H,1-8H2,(H,13,14). The van der Waals surface area contributed by atoms with Gasteiger partial charge in [-0.1, -0.05) is 38.5 Å². The molecule has 0 heterocycles. The first-order valence-corrected chi connectivity index (χ1v) is 6.03. The molecule has 2 nitrogen and oxygen atoms in total. The molecule has 0 amide bonds. The Labute approximate surface area is 85.7 Å². The van der Waals surface area contributed by atoms with E-state index in [0.29, 0.717) is 11.8 Å². The maximum absolute atomic E-state index is 10.9. The summed E-state index contributed by atoms with van der Waals surface area (Å²) in [4.78, 5) is 10.9. The molecule has 0 aromatic heterocycles. The summed E-state index contributed by atoms with van der Waals surface area (Å²) in [7, 11) is 0. The minimum Gasteiger partial charge on any atom is -0.481 e. The lowest BCUT2D eigenvalue weighted by atomic mass is 10.0. The van der Waals surface area contributed by atoms with Gasteiger partial charge in [-0.25, -0.2) is 0 Å². The van der Waals surface area contributed by atoms with Gasteiger partial charge >= 0.3 is 5.97 Å². The molecule has 14 heavy (non-hydrogen) atoms. The predicted molar refractivity (Wildman–Crippen MR) is 55.0 cm³/mol. The van der Waals surface area contributed by atoms with Gasteiger partial charge in [0.2, 0.25) is 0 Å². The maximum atomic E-state index is 10.9. The summed E-state index contributed by atoms with van der Waals surface area (Å²) in [5, 5.41) is 9.01. The van der Waals surface area contributed by atoms with Gasteiger partial charge in [-0.15, -0.1) is 0 Å². The lowest BCUT2D eigenvalue weighted by Crippen LogP contribution is -2.00. The Morgan fingerprint density at radius 1 is 0.857 bits per heavy atom. The smallest absolute Gasteiger partial charge is 0.307 e. The van der Waals surface area contributed by atoms with Gasteiger partial charge in [0, 0.05) is 0 Å². The minimum atomic E-state index is -0.542. The Morgan fingerprint density at radius 3 is 1.71 bits per heavy atom. The van der Waals surface area contributed by atoms with Gasteiger partial charge in [0.1, 0.15) is 0 Å². The highest BCUT2D eigenvalue weighted by molar-refractivity contribution is 5.74. The second kappa shape index (κ2) is 4.33. The third-order valence-electron chi connectivity index (χ3n) is 3.94. The van der Waals surface area contributed by atoms with Crippen LogP contribution in [-0.2, 0) is 4.79 Å². The highest BCUT2D eigenvalue weighted by Gasteiger charge is 2.53. The molecule has 2 heteroatoms. The van der Waals surface area contributed by atoms with Crippen molar-refractivity contribution in [3.05, 3.63) is 0 Å². The molecule has 1 N–H and O–H groups in total. The largest absolute Gasteiger partial charge is 0.481 e. The highest BCUT2D eigenvalue weighted by Crippen LogP contribution is 2.52. The number of rotatable bonds is 1. The van der Waals surface area contributed by atoms with Crippen molar-refractivity contribution in [1.29, 1.82) is 0 Å². The van der Waals surface area contributed by atoms with Crippen molar-refractivity contribution in [2.24, 2.45) is 17.8 Å². The molecule has 0 spiro atoms. The summed E-state index contributed by atoms with van der Waals surface area (Å²) < 4.78 is 0. The molecule has 2 atom stereocenters. The SMILES string of the molecule is O=C(O)C1C2CCCCCCCCC21. The molecule has 80 valence electrons. The number of fused-ring (bicyclic) bond motifs is 1. The van der Waals surface area contributed by atoms with E-state index in [1.807, 2.05) is 0 Å². The lowest BCUT2D eigenvalue weighted by Gasteiger charge is -2.05. The first-order chi connectivity index (χ1) is 6.80. The first kappa shape index (κ1) is 10.0. The van der Waals surface area contributed by atoms with Crippen molar-refractivity contribution in [2.75, 3.05) is 0 Å². The average Bonchev–Trinajstić information content (AvgIpc) is 2.85. The number of carboxylic acid groups (broad SMARTS) is 1. The van der Waals surface area contributed by atoms with Gasteiger partial charge in [-0.3, -0.25) is 4.79 Å². The normalized spacial score (nSPS) is 38.4. The van der Waals surface area contributed by atoms with Gasteiger partial charge in [0.05, 0.1) is 5.92 Å². The van der Waals surface area contributed by atoms with Crippen molar-refractivity contribution in [1.82, 2.24) is 0 Å². The second-order valence-electron chi connectivity index (χ2n) is 4.89. The van der Waals surface area contributed by atoms with E-state index in [9.17, 15) is 4.79 Å². The zero-order valence-corrected chi connectivity index (χ0v) is 8.74. The number of hydrogen-bond donors (Lipinski definition) is 1. The van der Waals surface area contributed by atoms with Crippen molar-refractivity contribution in [3.8, 4) is 0 Å². The van der Waals surface area contributed by atoms with E-state index in [2.05, 4.69) is 0 Å². The summed E-state index contributed by atoms with van der Waals surface area (Å²) >= 11 is 0. The summed E-state index contributed by atoms with van der Waals surface area (Å²) in [6.07, 6.45) is 10.2. The molecule has 2 rings (SSSR count). The van der Waals surface area contributed by atoms with E-state index >= 15 is 0 Å². The van der Waals surface area contributed by atoms with Gasteiger partial charge in [0.25, 0.3) is 0 Å². The second-order valence-corrected chi connectivity index (χ2v) is 4.89. The van der Waals surface area contributed by atoms with Crippen LogP contribution in [0.4, 0.5) is 0 Å². The molecule has 2 fully saturated rings. The minimum absolute atomic E-state index is 0.0214. The molecule has 0 radical (unpaired) electrons. The van der Waals surface area contributed by atoms with Gasteiger partial charge in [-0.2, -0.15) is 0 Å². The molecule has 2 aliphatic rings. The summed E-state index contributed by atoms with van der Waals surface area (Å²) in [5.41, 5.74) is 0. The van der Waals surface area contributed by atoms with Crippen LogP contribution in [0.25, 0.3) is 0 Å². The first-order valence-electron chi connectivity index (χ1n) is 6.03. The number of carboxylic acids is 1. The fraction of sp³-hybridized carbons (Fsp3) is 0.917. The van der Waals surface area contributed by atoms with Crippen LogP contribution in [0, 0.1) is 17.8 Å². The quantitative estimate of drug-likeness (QED) is 0.699. The fourth-order valence-corrected chi connectivity index (χ4v) is 3.07. The van der Waals surface area contributed by atoms with Crippen LogP contribution >= 0.6 is 0 Å². The fourth-order valence-electron chi connectivity index (χ4n) is 3.07. The molecule has 2 aliphatic carbocycles. The van der Waals surface area contributed by atoms with Crippen LogP contribution in [0.3, 0.4) is 0 Å². The molecular formula is C12H20O2. The van der Waals surface area contributed by atoms with Crippen molar-refractivity contribution in [2.45, 2.75) is 51.4 Å². The molecule has 2 unspecified atom stereocenters. The molecule has 0 saturated heterocycles. The Morgan fingerprint density at radius 2 is 1.29 bits per heavy atom. The maximum Gasteiger partial charge on any atom is 0.307 e. The van der Waals surface area contributed by atoms with Crippen LogP contribution in [0.2, 0.25) is 0 Å². The molecular weight excluding hydrogens is 176 g/mol. The Bertz CT molecular complexity index is 196. The Hall–Kier alpha value is -0.530. The summed E-state index contributed by atoms with van der Waals surface area (Å²) in [6, 6.07) is 0. The molecule has 0 aliphatic heterocycles. The van der Waals surface area contributed by atoms with Crippen LogP contribution in [0.15, 0.2) is 0 Å².